The molecule has 214 valence electrons. The number of aromatic nitrogens is 5. The van der Waals surface area contributed by atoms with E-state index in [1.165, 1.54) is 25.3 Å². The van der Waals surface area contributed by atoms with Crippen molar-refractivity contribution < 1.29 is 18.9 Å². The molecule has 17 heteroatoms. The molecule has 14 nitrogen and oxygen atoms in total. The predicted octanol–water partition coefficient (Wildman–Crippen LogP) is 1.31. The lowest BCUT2D eigenvalue weighted by Gasteiger charge is -2.20. The minimum Gasteiger partial charge on any atom is -0.441 e. The van der Waals surface area contributed by atoms with Crippen LogP contribution in [-0.2, 0) is 20.9 Å². The van der Waals surface area contributed by atoms with Crippen molar-refractivity contribution >= 4 is 42.6 Å². The highest BCUT2D eigenvalue weighted by molar-refractivity contribution is 6.37. The Balaban J connectivity index is 1.94. The van der Waals surface area contributed by atoms with Crippen molar-refractivity contribution in [1.82, 2.24) is 29.8 Å². The van der Waals surface area contributed by atoms with Gasteiger partial charge in [-0.1, -0.05) is 50.9 Å². The standard InChI is InChI=1S/C23H28BCl2N7O7/c1-10(2)13-8-16(30-32(21(13)35)9-39-22(36)17(11(3)4)29-24-38-5)40-18-14(25)6-12(7-15(18)26)33-23(37)28-20(34)19(27)31-33/h6-8,10-11,17,24,29H,9H2,1-5H3,(H2,27,31)(H,28,34,37)/t17-/m0/s1. The molecule has 1 aromatic carbocycles. The van der Waals surface area contributed by atoms with Crippen LogP contribution in [0.1, 0.15) is 39.2 Å². The Kier molecular flexibility index (Phi) is 10.1. The first-order valence-corrected chi connectivity index (χ1v) is 12.8. The molecule has 0 spiro atoms. The monoisotopic (exact) mass is 595 g/mol. The summed E-state index contributed by atoms with van der Waals surface area (Å²) in [4.78, 5) is 51.4. The highest BCUT2D eigenvalue weighted by Crippen LogP contribution is 2.37. The molecule has 0 unspecified atom stereocenters. The summed E-state index contributed by atoms with van der Waals surface area (Å²) in [7, 11) is 1.62. The van der Waals surface area contributed by atoms with Crippen LogP contribution >= 0.6 is 23.2 Å². The van der Waals surface area contributed by atoms with Gasteiger partial charge in [0.15, 0.2) is 12.5 Å². The number of carbonyl (C=O) groups excluding carboxylic acids is 1. The van der Waals surface area contributed by atoms with Crippen LogP contribution in [0.4, 0.5) is 5.82 Å². The molecule has 0 amide bonds. The van der Waals surface area contributed by atoms with Crippen LogP contribution in [-0.4, -0.2) is 51.3 Å². The van der Waals surface area contributed by atoms with Gasteiger partial charge in [0.2, 0.25) is 11.7 Å². The molecule has 2 aromatic heterocycles. The first-order valence-electron chi connectivity index (χ1n) is 12.0. The van der Waals surface area contributed by atoms with Gasteiger partial charge >= 0.3 is 19.3 Å². The molecule has 3 aromatic rings. The third-order valence-corrected chi connectivity index (χ3v) is 6.15. The quantitative estimate of drug-likeness (QED) is 0.214. The number of halogens is 2. The fraction of sp³-hybridized carbons (Fsp3) is 0.391. The van der Waals surface area contributed by atoms with Crippen molar-refractivity contribution in [2.45, 2.75) is 46.4 Å². The lowest BCUT2D eigenvalue weighted by atomic mass is 10.0. The third kappa shape index (κ3) is 7.10. The molecule has 0 saturated carbocycles. The summed E-state index contributed by atoms with van der Waals surface area (Å²) in [5.74, 6) is -1.47. The van der Waals surface area contributed by atoms with Gasteiger partial charge < -0.3 is 25.1 Å². The fourth-order valence-electron chi connectivity index (χ4n) is 3.53. The molecule has 0 bridgehead atoms. The first-order chi connectivity index (χ1) is 18.8. The molecule has 2 heterocycles. The van der Waals surface area contributed by atoms with E-state index in [0.717, 1.165) is 9.36 Å². The minimum atomic E-state index is -0.859. The summed E-state index contributed by atoms with van der Waals surface area (Å²) >= 11 is 12.8. The largest absolute Gasteiger partial charge is 0.441 e. The van der Waals surface area contributed by atoms with Gasteiger partial charge in [0.05, 0.1) is 15.7 Å². The second kappa shape index (κ2) is 13.1. The highest BCUT2D eigenvalue weighted by Gasteiger charge is 2.24. The Morgan fingerprint density at radius 1 is 1.12 bits per heavy atom. The number of aromatic amines is 1. The zero-order valence-electron chi connectivity index (χ0n) is 22.4. The van der Waals surface area contributed by atoms with Crippen LogP contribution in [0.25, 0.3) is 5.69 Å². The number of nitrogens with zero attached hydrogens (tertiary/aromatic N) is 4. The van der Waals surface area contributed by atoms with Gasteiger partial charge in [-0.3, -0.25) is 19.4 Å². The van der Waals surface area contributed by atoms with Gasteiger partial charge in [-0.15, -0.1) is 10.2 Å². The SMILES string of the molecule is COBN[C@H](C(=O)OCn1nc(Oc2c(Cl)cc(-n3nc(N)c(=O)[nH]c3=O)cc2Cl)cc(C(C)C)c1=O)C(C)C. The number of nitrogens with two attached hydrogens (primary N) is 1. The average Bonchev–Trinajstić information content (AvgIpc) is 2.88. The minimum absolute atomic E-state index is 0.0365. The Morgan fingerprint density at radius 3 is 2.35 bits per heavy atom. The molecule has 0 aliphatic rings. The maximum absolute atomic E-state index is 13.0. The van der Waals surface area contributed by atoms with Gasteiger partial charge in [-0.05, 0) is 24.0 Å². The first kappa shape index (κ1) is 30.9. The number of hydrogen-bond donors (Lipinski definition) is 3. The van der Waals surface area contributed by atoms with E-state index in [1.807, 2.05) is 18.8 Å². The molecule has 0 saturated heterocycles. The average molecular weight is 596 g/mol. The Labute approximate surface area is 238 Å². The molecule has 0 radical (unpaired) electrons. The zero-order valence-corrected chi connectivity index (χ0v) is 23.9. The lowest BCUT2D eigenvalue weighted by molar-refractivity contribution is -0.151. The van der Waals surface area contributed by atoms with E-state index >= 15 is 0 Å². The number of esters is 1. The maximum Gasteiger partial charge on any atom is 0.361 e. The van der Waals surface area contributed by atoms with Gasteiger partial charge in [0.25, 0.3) is 11.1 Å². The summed E-state index contributed by atoms with van der Waals surface area (Å²) in [5, 5.41) is 10.8. The zero-order chi connectivity index (χ0) is 29.7. The Hall–Kier alpha value is -3.66. The molecule has 3 rings (SSSR count). The van der Waals surface area contributed by atoms with Gasteiger partial charge in [-0.25, -0.2) is 4.79 Å². The van der Waals surface area contributed by atoms with Crippen molar-refractivity contribution in [1.29, 1.82) is 0 Å². The smallest absolute Gasteiger partial charge is 0.361 e. The summed E-state index contributed by atoms with van der Waals surface area (Å²) < 4.78 is 18.0. The second-order valence-electron chi connectivity index (χ2n) is 9.25. The molecule has 0 aliphatic carbocycles. The number of carbonyl (C=O) groups is 1. The van der Waals surface area contributed by atoms with E-state index < -0.39 is 41.4 Å². The summed E-state index contributed by atoms with van der Waals surface area (Å²) in [6.07, 6.45) is 0. The van der Waals surface area contributed by atoms with E-state index in [-0.39, 0.29) is 46.8 Å². The third-order valence-electron chi connectivity index (χ3n) is 5.59. The topological polar surface area (TPSA) is 185 Å². The van der Waals surface area contributed by atoms with Gasteiger partial charge in [0.1, 0.15) is 6.04 Å². The number of rotatable bonds is 11. The predicted molar refractivity (Wildman–Crippen MR) is 150 cm³/mol. The molecule has 0 aliphatic heterocycles. The van der Waals surface area contributed by atoms with E-state index in [1.54, 1.807) is 13.8 Å². The summed E-state index contributed by atoms with van der Waals surface area (Å²) in [6, 6.07) is 3.39. The van der Waals surface area contributed by atoms with Crippen molar-refractivity contribution in [3.05, 3.63) is 65.0 Å². The van der Waals surface area contributed by atoms with E-state index in [0.29, 0.717) is 5.56 Å². The highest BCUT2D eigenvalue weighted by atomic mass is 35.5. The molecule has 4 N–H and O–H groups in total. The van der Waals surface area contributed by atoms with Crippen LogP contribution in [0.5, 0.6) is 11.6 Å². The number of hydrogen-bond acceptors (Lipinski definition) is 11. The van der Waals surface area contributed by atoms with Crippen molar-refractivity contribution in [3.63, 3.8) is 0 Å². The molecule has 0 fully saturated rings. The van der Waals surface area contributed by atoms with Gasteiger partial charge in [0, 0.05) is 18.7 Å². The number of H-pyrrole nitrogens is 1. The molecular formula is C23H28BCl2N7O7. The number of benzene rings is 1. The summed E-state index contributed by atoms with van der Waals surface area (Å²) in [5.41, 5.74) is 3.78. The molecule has 40 heavy (non-hydrogen) atoms. The maximum atomic E-state index is 13.0. The van der Waals surface area contributed by atoms with Crippen LogP contribution in [0, 0.1) is 5.92 Å². The van der Waals surface area contributed by atoms with Crippen LogP contribution < -0.4 is 32.5 Å². The second-order valence-corrected chi connectivity index (χ2v) is 10.1. The van der Waals surface area contributed by atoms with Crippen molar-refractivity contribution in [2.75, 3.05) is 12.8 Å². The molecular weight excluding hydrogens is 568 g/mol. The number of nitrogens with one attached hydrogen (secondary N) is 2. The van der Waals surface area contributed by atoms with Crippen molar-refractivity contribution in [3.8, 4) is 17.3 Å². The summed E-state index contributed by atoms with van der Waals surface area (Å²) in [6.45, 7) is 6.80. The Morgan fingerprint density at radius 2 is 1.77 bits per heavy atom. The van der Waals surface area contributed by atoms with Crippen molar-refractivity contribution in [2.24, 2.45) is 5.92 Å². The lowest BCUT2D eigenvalue weighted by Crippen LogP contribution is -2.45. The normalized spacial score (nSPS) is 12.0. The number of ether oxygens (including phenoxy) is 2. The van der Waals surface area contributed by atoms with Crippen LogP contribution in [0.2, 0.25) is 10.0 Å². The molecule has 1 atom stereocenters. The van der Waals surface area contributed by atoms with Gasteiger partial charge in [-0.2, -0.15) is 9.36 Å². The van der Waals surface area contributed by atoms with E-state index in [9.17, 15) is 19.2 Å². The number of nitrogen functional groups attached to an aromatic ring is 1. The van der Waals surface area contributed by atoms with E-state index in [4.69, 9.17) is 43.1 Å². The van der Waals surface area contributed by atoms with Crippen LogP contribution in [0.15, 0.2) is 32.6 Å². The number of anilines is 1. The van der Waals surface area contributed by atoms with E-state index in [2.05, 4.69) is 15.4 Å². The Bertz CT molecular complexity index is 1550. The fourth-order valence-corrected chi connectivity index (χ4v) is 4.08. The van der Waals surface area contributed by atoms with Crippen LogP contribution in [0.3, 0.4) is 0 Å².